The summed E-state index contributed by atoms with van der Waals surface area (Å²) >= 11 is 0. The fourth-order valence-corrected chi connectivity index (χ4v) is 1.72. The SMILES string of the molecule is CCCN(CCC(=O)C=[N+]=[N-])C(=O)c1ccccc1. The molecule has 1 aromatic rings. The van der Waals surface area contributed by atoms with Gasteiger partial charge < -0.3 is 10.4 Å². The Balaban J connectivity index is 2.69. The van der Waals surface area contributed by atoms with Crippen LogP contribution >= 0.6 is 0 Å². The van der Waals surface area contributed by atoms with E-state index in [1.165, 1.54) is 0 Å². The van der Waals surface area contributed by atoms with Crippen molar-refractivity contribution < 1.29 is 14.4 Å². The first-order valence-corrected chi connectivity index (χ1v) is 6.23. The molecular formula is C14H17N3O2. The Morgan fingerprint density at radius 2 is 1.95 bits per heavy atom. The van der Waals surface area contributed by atoms with Crippen LogP contribution in [0.25, 0.3) is 5.53 Å². The monoisotopic (exact) mass is 259 g/mol. The summed E-state index contributed by atoms with van der Waals surface area (Å²) in [5.41, 5.74) is 8.87. The van der Waals surface area contributed by atoms with E-state index in [0.29, 0.717) is 18.7 Å². The molecule has 0 aromatic heterocycles. The van der Waals surface area contributed by atoms with Gasteiger partial charge in [-0.15, -0.1) is 0 Å². The Kier molecular flexibility index (Phi) is 6.19. The third-order valence-corrected chi connectivity index (χ3v) is 2.63. The van der Waals surface area contributed by atoms with Crippen molar-refractivity contribution in [2.24, 2.45) is 0 Å². The van der Waals surface area contributed by atoms with Crippen LogP contribution in [0.5, 0.6) is 0 Å². The van der Waals surface area contributed by atoms with E-state index in [1.807, 2.05) is 13.0 Å². The fraction of sp³-hybridized carbons (Fsp3) is 0.357. The van der Waals surface area contributed by atoms with E-state index < -0.39 is 0 Å². The zero-order chi connectivity index (χ0) is 14.1. The molecule has 0 saturated heterocycles. The number of benzene rings is 1. The maximum Gasteiger partial charge on any atom is 0.323 e. The van der Waals surface area contributed by atoms with Crippen LogP contribution in [0.3, 0.4) is 0 Å². The van der Waals surface area contributed by atoms with Crippen molar-refractivity contribution in [3.05, 3.63) is 41.4 Å². The average molecular weight is 259 g/mol. The van der Waals surface area contributed by atoms with Gasteiger partial charge in [-0.25, -0.2) is 0 Å². The van der Waals surface area contributed by atoms with Crippen LogP contribution in [0.1, 0.15) is 30.1 Å². The summed E-state index contributed by atoms with van der Waals surface area (Å²) in [5.74, 6) is -0.388. The average Bonchev–Trinajstić information content (AvgIpc) is 2.44. The largest absolute Gasteiger partial charge is 0.361 e. The molecule has 1 aromatic carbocycles. The zero-order valence-corrected chi connectivity index (χ0v) is 11.0. The topological polar surface area (TPSA) is 73.8 Å². The van der Waals surface area contributed by atoms with E-state index in [-0.39, 0.29) is 18.1 Å². The van der Waals surface area contributed by atoms with Gasteiger partial charge in [0.15, 0.2) is 0 Å². The third kappa shape index (κ3) is 4.85. The van der Waals surface area contributed by atoms with Crippen molar-refractivity contribution >= 4 is 17.9 Å². The minimum Gasteiger partial charge on any atom is -0.361 e. The molecule has 5 heteroatoms. The molecule has 0 saturated carbocycles. The molecule has 0 unspecified atom stereocenters. The molecule has 0 aliphatic carbocycles. The van der Waals surface area contributed by atoms with E-state index in [9.17, 15) is 9.59 Å². The van der Waals surface area contributed by atoms with Gasteiger partial charge in [-0.3, -0.25) is 9.59 Å². The van der Waals surface area contributed by atoms with Crippen molar-refractivity contribution in [2.75, 3.05) is 13.1 Å². The maximum atomic E-state index is 12.2. The summed E-state index contributed by atoms with van der Waals surface area (Å²) in [7, 11) is 0. The fourth-order valence-electron chi connectivity index (χ4n) is 1.72. The first-order valence-electron chi connectivity index (χ1n) is 6.23. The molecule has 0 radical (unpaired) electrons. The van der Waals surface area contributed by atoms with Crippen LogP contribution in [0.2, 0.25) is 0 Å². The summed E-state index contributed by atoms with van der Waals surface area (Å²) in [6, 6.07) is 8.97. The Morgan fingerprint density at radius 1 is 1.26 bits per heavy atom. The highest BCUT2D eigenvalue weighted by atomic mass is 16.2. The van der Waals surface area contributed by atoms with Crippen molar-refractivity contribution in [3.8, 4) is 0 Å². The highest BCUT2D eigenvalue weighted by molar-refractivity contribution is 6.25. The van der Waals surface area contributed by atoms with E-state index in [4.69, 9.17) is 5.53 Å². The maximum absolute atomic E-state index is 12.2. The zero-order valence-electron chi connectivity index (χ0n) is 11.0. The highest BCUT2D eigenvalue weighted by Crippen LogP contribution is 2.06. The van der Waals surface area contributed by atoms with Crippen LogP contribution < -0.4 is 0 Å². The molecule has 1 rings (SSSR count). The molecule has 0 atom stereocenters. The van der Waals surface area contributed by atoms with Crippen LogP contribution in [0.4, 0.5) is 0 Å². The standard InChI is InChI=1S/C14H17N3O2/c1-2-9-17(10-8-13(18)11-16-15)14(19)12-6-4-3-5-7-12/h3-7,11H,2,8-10H2,1H3. The van der Waals surface area contributed by atoms with Crippen LogP contribution in [-0.2, 0) is 4.79 Å². The summed E-state index contributed by atoms with van der Waals surface area (Å²) in [6.07, 6.45) is 1.83. The molecule has 0 aliphatic rings. The Bertz CT molecular complexity index is 479. The minimum atomic E-state index is -0.301. The van der Waals surface area contributed by atoms with Gasteiger partial charge in [-0.1, -0.05) is 25.1 Å². The van der Waals surface area contributed by atoms with Gasteiger partial charge in [0.05, 0.1) is 0 Å². The lowest BCUT2D eigenvalue weighted by Gasteiger charge is -2.21. The molecule has 0 N–H and O–H groups in total. The molecule has 5 nitrogen and oxygen atoms in total. The van der Waals surface area contributed by atoms with Gasteiger partial charge in [-0.05, 0) is 18.6 Å². The number of rotatable bonds is 7. The molecule has 1 amide bonds. The van der Waals surface area contributed by atoms with Crippen LogP contribution in [0.15, 0.2) is 30.3 Å². The number of carbonyl (C=O) groups is 2. The van der Waals surface area contributed by atoms with Gasteiger partial charge in [-0.2, -0.15) is 4.79 Å². The Morgan fingerprint density at radius 3 is 2.53 bits per heavy atom. The van der Waals surface area contributed by atoms with Gasteiger partial charge >= 0.3 is 6.21 Å². The molecule has 19 heavy (non-hydrogen) atoms. The van der Waals surface area contributed by atoms with Crippen LogP contribution in [0, 0.1) is 0 Å². The third-order valence-electron chi connectivity index (χ3n) is 2.63. The lowest BCUT2D eigenvalue weighted by molar-refractivity contribution is -0.116. The molecule has 0 fully saturated rings. The molecule has 100 valence electrons. The minimum absolute atomic E-state index is 0.0869. The molecule has 0 spiro atoms. The summed E-state index contributed by atoms with van der Waals surface area (Å²) in [5, 5.41) is 0. The smallest absolute Gasteiger partial charge is 0.323 e. The van der Waals surface area contributed by atoms with Gasteiger partial charge in [0.25, 0.3) is 5.91 Å². The second-order valence-corrected chi connectivity index (χ2v) is 4.12. The van der Waals surface area contributed by atoms with E-state index in [2.05, 4.69) is 4.79 Å². The Labute approximate surface area is 112 Å². The summed E-state index contributed by atoms with van der Waals surface area (Å²) in [4.78, 5) is 27.8. The lowest BCUT2D eigenvalue weighted by Crippen LogP contribution is -2.33. The lowest BCUT2D eigenvalue weighted by atomic mass is 10.2. The van der Waals surface area contributed by atoms with Crippen molar-refractivity contribution in [3.63, 3.8) is 0 Å². The number of hydrogen-bond acceptors (Lipinski definition) is 2. The Hall–Kier alpha value is -2.26. The molecular weight excluding hydrogens is 242 g/mol. The first-order chi connectivity index (χ1) is 9.19. The second-order valence-electron chi connectivity index (χ2n) is 4.12. The normalized spacial score (nSPS) is 9.53. The summed E-state index contributed by atoms with van der Waals surface area (Å²) < 4.78 is 0. The van der Waals surface area contributed by atoms with E-state index in [0.717, 1.165) is 12.6 Å². The van der Waals surface area contributed by atoms with Crippen molar-refractivity contribution in [2.45, 2.75) is 19.8 Å². The van der Waals surface area contributed by atoms with Gasteiger partial charge in [0.2, 0.25) is 5.78 Å². The second kappa shape index (κ2) is 7.95. The van der Waals surface area contributed by atoms with Gasteiger partial charge in [0.1, 0.15) is 0 Å². The number of ketones is 1. The number of carbonyl (C=O) groups excluding carboxylic acids is 2. The quantitative estimate of drug-likeness (QED) is 0.425. The molecule has 0 heterocycles. The van der Waals surface area contributed by atoms with Crippen molar-refractivity contribution in [1.29, 1.82) is 0 Å². The predicted molar refractivity (Wildman–Crippen MR) is 71.9 cm³/mol. The number of Topliss-reactive ketones (excluding diaryl/α,β-unsaturated/α-hetero) is 1. The molecule has 0 bridgehead atoms. The van der Waals surface area contributed by atoms with E-state index in [1.54, 1.807) is 29.2 Å². The van der Waals surface area contributed by atoms with Crippen molar-refractivity contribution in [1.82, 2.24) is 4.90 Å². The number of hydrogen-bond donors (Lipinski definition) is 0. The molecule has 0 aliphatic heterocycles. The van der Waals surface area contributed by atoms with E-state index >= 15 is 0 Å². The number of nitrogens with zero attached hydrogens (tertiary/aromatic N) is 3. The first kappa shape index (κ1) is 14.8. The highest BCUT2D eigenvalue weighted by Gasteiger charge is 2.16. The summed E-state index contributed by atoms with van der Waals surface area (Å²) in [6.45, 7) is 2.89. The van der Waals surface area contributed by atoms with Crippen LogP contribution in [-0.4, -0.2) is 40.7 Å². The predicted octanol–water partition coefficient (Wildman–Crippen LogP) is 1.80. The van der Waals surface area contributed by atoms with Gasteiger partial charge in [0, 0.05) is 25.1 Å². The number of amides is 1.